The number of nitrogens with zero attached hydrogens (tertiary/aromatic N) is 1. The van der Waals surface area contributed by atoms with Crippen molar-refractivity contribution in [2.45, 2.75) is 63.2 Å². The van der Waals surface area contributed by atoms with Gasteiger partial charge in [0.25, 0.3) is 0 Å². The Morgan fingerprint density at radius 1 is 1.11 bits per heavy atom. The van der Waals surface area contributed by atoms with Gasteiger partial charge in [-0.2, -0.15) is 0 Å². The van der Waals surface area contributed by atoms with Crippen molar-refractivity contribution in [3.05, 3.63) is 0 Å². The van der Waals surface area contributed by atoms with Crippen LogP contribution in [0.1, 0.15) is 44.9 Å². The van der Waals surface area contributed by atoms with Crippen LogP contribution in [0.3, 0.4) is 0 Å². The number of hydrogen-bond acceptors (Lipinski definition) is 4. The van der Waals surface area contributed by atoms with Crippen LogP contribution in [-0.2, 0) is 4.74 Å². The Morgan fingerprint density at radius 2 is 1.83 bits per heavy atom. The minimum atomic E-state index is -0.103. The van der Waals surface area contributed by atoms with Gasteiger partial charge in [-0.15, -0.1) is 0 Å². The first-order valence-electron chi connectivity index (χ1n) is 7.55. The average Bonchev–Trinajstić information content (AvgIpc) is 2.41. The summed E-state index contributed by atoms with van der Waals surface area (Å²) in [6.07, 6.45) is 8.09. The van der Waals surface area contributed by atoms with Crippen molar-refractivity contribution in [1.29, 1.82) is 0 Å². The molecular formula is C14H28N2O2. The lowest BCUT2D eigenvalue weighted by molar-refractivity contribution is -0.0344. The van der Waals surface area contributed by atoms with Crippen LogP contribution in [0, 0.1) is 0 Å². The fourth-order valence-electron chi connectivity index (χ4n) is 3.23. The molecule has 1 aliphatic carbocycles. The number of ether oxygens (including phenoxy) is 1. The molecule has 2 atom stereocenters. The zero-order valence-corrected chi connectivity index (χ0v) is 11.4. The van der Waals surface area contributed by atoms with Crippen LogP contribution >= 0.6 is 0 Å². The molecule has 0 aromatic rings. The number of rotatable bonds is 5. The summed E-state index contributed by atoms with van der Waals surface area (Å²) in [4.78, 5) is 2.48. The standard InChI is InChI=1S/C14H28N2O2/c15-8-3-11-18-12-6-9-16(10-7-12)13-4-1-2-5-14(13)17/h12-14,17H,1-11,15H2. The van der Waals surface area contributed by atoms with Crippen molar-refractivity contribution in [3.63, 3.8) is 0 Å². The maximum absolute atomic E-state index is 10.1. The Bertz CT molecular complexity index is 230. The number of hydrogen-bond donors (Lipinski definition) is 2. The maximum Gasteiger partial charge on any atom is 0.0695 e. The van der Waals surface area contributed by atoms with E-state index in [-0.39, 0.29) is 6.10 Å². The molecule has 0 bridgehead atoms. The fourth-order valence-corrected chi connectivity index (χ4v) is 3.23. The zero-order valence-electron chi connectivity index (χ0n) is 11.4. The molecular weight excluding hydrogens is 228 g/mol. The second-order valence-electron chi connectivity index (χ2n) is 5.67. The van der Waals surface area contributed by atoms with Crippen LogP contribution in [0.4, 0.5) is 0 Å². The Hall–Kier alpha value is -0.160. The molecule has 2 fully saturated rings. The van der Waals surface area contributed by atoms with Gasteiger partial charge in [0, 0.05) is 25.7 Å². The molecule has 0 radical (unpaired) electrons. The molecule has 4 nitrogen and oxygen atoms in total. The predicted molar refractivity (Wildman–Crippen MR) is 72.5 cm³/mol. The third-order valence-electron chi connectivity index (χ3n) is 4.34. The first-order valence-corrected chi connectivity index (χ1v) is 7.55. The Balaban J connectivity index is 1.69. The van der Waals surface area contributed by atoms with Crippen LogP contribution in [0.15, 0.2) is 0 Å². The van der Waals surface area contributed by atoms with Gasteiger partial charge in [0.1, 0.15) is 0 Å². The smallest absolute Gasteiger partial charge is 0.0695 e. The maximum atomic E-state index is 10.1. The summed E-state index contributed by atoms with van der Waals surface area (Å²) in [5, 5.41) is 10.1. The van der Waals surface area contributed by atoms with Crippen LogP contribution in [0.25, 0.3) is 0 Å². The van der Waals surface area contributed by atoms with Crippen molar-refractivity contribution < 1.29 is 9.84 Å². The lowest BCUT2D eigenvalue weighted by atomic mass is 9.90. The highest BCUT2D eigenvalue weighted by molar-refractivity contribution is 4.86. The van der Waals surface area contributed by atoms with Crippen LogP contribution < -0.4 is 5.73 Å². The van der Waals surface area contributed by atoms with Crippen molar-refractivity contribution >= 4 is 0 Å². The average molecular weight is 256 g/mol. The quantitative estimate of drug-likeness (QED) is 0.724. The Labute approximate surface area is 110 Å². The first kappa shape index (κ1) is 14.3. The van der Waals surface area contributed by atoms with Gasteiger partial charge in [-0.1, -0.05) is 12.8 Å². The van der Waals surface area contributed by atoms with E-state index in [1.165, 1.54) is 19.3 Å². The lowest BCUT2D eigenvalue weighted by Gasteiger charge is -2.41. The van der Waals surface area contributed by atoms with Crippen molar-refractivity contribution in [2.75, 3.05) is 26.2 Å². The SMILES string of the molecule is NCCCOC1CCN(C2CCCCC2O)CC1. The molecule has 1 aliphatic heterocycles. The van der Waals surface area contributed by atoms with Gasteiger partial charge in [0.05, 0.1) is 12.2 Å². The van der Waals surface area contributed by atoms with Crippen molar-refractivity contribution in [1.82, 2.24) is 4.90 Å². The van der Waals surface area contributed by atoms with Gasteiger partial charge in [-0.05, 0) is 38.6 Å². The molecule has 0 aromatic heterocycles. The Kier molecular flexibility index (Phi) is 5.89. The van der Waals surface area contributed by atoms with Gasteiger partial charge in [-0.3, -0.25) is 4.90 Å². The van der Waals surface area contributed by atoms with Gasteiger partial charge in [0.2, 0.25) is 0 Å². The second kappa shape index (κ2) is 7.43. The first-order chi connectivity index (χ1) is 8.81. The van der Waals surface area contributed by atoms with Crippen molar-refractivity contribution in [2.24, 2.45) is 5.73 Å². The van der Waals surface area contributed by atoms with Gasteiger partial charge in [0.15, 0.2) is 0 Å². The molecule has 3 N–H and O–H groups in total. The summed E-state index contributed by atoms with van der Waals surface area (Å²) >= 11 is 0. The van der Waals surface area contributed by atoms with Crippen molar-refractivity contribution in [3.8, 4) is 0 Å². The predicted octanol–water partition coefficient (Wildman–Crippen LogP) is 1.12. The minimum absolute atomic E-state index is 0.103. The molecule has 1 heterocycles. The van der Waals surface area contributed by atoms with E-state index in [9.17, 15) is 5.11 Å². The number of piperidine rings is 1. The van der Waals surface area contributed by atoms with Crippen LogP contribution in [0.5, 0.6) is 0 Å². The number of aliphatic hydroxyl groups excluding tert-OH is 1. The van der Waals surface area contributed by atoms with Crippen LogP contribution in [-0.4, -0.2) is 54.5 Å². The minimum Gasteiger partial charge on any atom is -0.391 e. The summed E-state index contributed by atoms with van der Waals surface area (Å²) in [7, 11) is 0. The second-order valence-corrected chi connectivity index (χ2v) is 5.67. The molecule has 2 unspecified atom stereocenters. The topological polar surface area (TPSA) is 58.7 Å². The number of nitrogens with two attached hydrogens (primary N) is 1. The highest BCUT2D eigenvalue weighted by Crippen LogP contribution is 2.26. The van der Waals surface area contributed by atoms with E-state index < -0.39 is 0 Å². The van der Waals surface area contributed by atoms with Gasteiger partial charge < -0.3 is 15.6 Å². The number of likely N-dealkylation sites (tertiary alicyclic amines) is 1. The molecule has 1 saturated heterocycles. The van der Waals surface area contributed by atoms with E-state index in [2.05, 4.69) is 4.90 Å². The molecule has 4 heteroatoms. The molecule has 2 rings (SSSR count). The van der Waals surface area contributed by atoms with E-state index in [1.807, 2.05) is 0 Å². The van der Waals surface area contributed by atoms with E-state index in [0.717, 1.165) is 45.4 Å². The molecule has 18 heavy (non-hydrogen) atoms. The Morgan fingerprint density at radius 3 is 2.50 bits per heavy atom. The molecule has 106 valence electrons. The van der Waals surface area contributed by atoms with Gasteiger partial charge in [-0.25, -0.2) is 0 Å². The zero-order chi connectivity index (χ0) is 12.8. The molecule has 0 amide bonds. The highest BCUT2D eigenvalue weighted by Gasteiger charge is 2.31. The fraction of sp³-hybridized carbons (Fsp3) is 1.00. The summed E-state index contributed by atoms with van der Waals surface area (Å²) in [5.41, 5.74) is 5.46. The molecule has 0 spiro atoms. The van der Waals surface area contributed by atoms with E-state index in [0.29, 0.717) is 18.7 Å². The summed E-state index contributed by atoms with van der Waals surface area (Å²) < 4.78 is 5.82. The van der Waals surface area contributed by atoms with Crippen LogP contribution in [0.2, 0.25) is 0 Å². The molecule has 1 saturated carbocycles. The summed E-state index contributed by atoms with van der Waals surface area (Å²) in [6, 6.07) is 0.406. The third-order valence-corrected chi connectivity index (χ3v) is 4.34. The van der Waals surface area contributed by atoms with E-state index >= 15 is 0 Å². The summed E-state index contributed by atoms with van der Waals surface area (Å²) in [6.45, 7) is 3.67. The molecule has 2 aliphatic rings. The normalized spacial score (nSPS) is 31.7. The monoisotopic (exact) mass is 256 g/mol. The van der Waals surface area contributed by atoms with E-state index in [4.69, 9.17) is 10.5 Å². The number of aliphatic hydroxyl groups is 1. The van der Waals surface area contributed by atoms with E-state index in [1.54, 1.807) is 0 Å². The highest BCUT2D eigenvalue weighted by atomic mass is 16.5. The van der Waals surface area contributed by atoms with Gasteiger partial charge >= 0.3 is 0 Å². The third kappa shape index (κ3) is 3.92. The largest absolute Gasteiger partial charge is 0.391 e. The lowest BCUT2D eigenvalue weighted by Crippen LogP contribution is -2.49. The molecule has 0 aromatic carbocycles. The summed E-state index contributed by atoms with van der Waals surface area (Å²) in [5.74, 6) is 0.